The summed E-state index contributed by atoms with van der Waals surface area (Å²) in [6.07, 6.45) is 4.13. The molecule has 0 radical (unpaired) electrons. The van der Waals surface area contributed by atoms with Gasteiger partial charge in [0, 0.05) is 17.7 Å². The third kappa shape index (κ3) is 4.71. The highest BCUT2D eigenvalue weighted by atomic mass is 32.2. The average molecular weight is 267 g/mol. The van der Waals surface area contributed by atoms with Crippen LogP contribution in [0.15, 0.2) is 0 Å². The molecule has 0 spiro atoms. The molecule has 1 aliphatic rings. The third-order valence-corrected chi connectivity index (χ3v) is 5.49. The molecule has 1 aliphatic carbocycles. The lowest BCUT2D eigenvalue weighted by Gasteiger charge is -2.13. The Morgan fingerprint density at radius 3 is 2.56 bits per heavy atom. The van der Waals surface area contributed by atoms with Crippen molar-refractivity contribution in [1.29, 1.82) is 0 Å². The summed E-state index contributed by atoms with van der Waals surface area (Å²) in [6, 6.07) is 0. The first-order valence-electron chi connectivity index (χ1n) is 5.13. The Morgan fingerprint density at radius 1 is 1.50 bits per heavy atom. The van der Waals surface area contributed by atoms with Gasteiger partial charge in [0.2, 0.25) is 10.0 Å². The van der Waals surface area contributed by atoms with E-state index in [0.29, 0.717) is 6.54 Å². The van der Waals surface area contributed by atoms with E-state index in [-0.39, 0.29) is 23.3 Å². The van der Waals surface area contributed by atoms with E-state index in [1.54, 1.807) is 11.8 Å². The number of nitrogens with one attached hydrogen (secondary N) is 1. The first kappa shape index (κ1) is 13.8. The number of thioether (sulfide) groups is 1. The van der Waals surface area contributed by atoms with Crippen LogP contribution in [-0.2, 0) is 14.8 Å². The SMILES string of the molecule is CSC1(CNS(=O)(=O)CCCC(=O)O)CC1. The summed E-state index contributed by atoms with van der Waals surface area (Å²) in [5.41, 5.74) is 0. The summed E-state index contributed by atoms with van der Waals surface area (Å²) in [5, 5.41) is 8.40. The molecule has 2 N–H and O–H groups in total. The van der Waals surface area contributed by atoms with Gasteiger partial charge in [0.25, 0.3) is 0 Å². The smallest absolute Gasteiger partial charge is 0.303 e. The molecular formula is C9H17NO4S2. The molecule has 0 aromatic carbocycles. The summed E-state index contributed by atoms with van der Waals surface area (Å²) in [6.45, 7) is 0.462. The molecule has 16 heavy (non-hydrogen) atoms. The standard InChI is InChI=1S/C9H17NO4S2/c1-15-9(4-5-9)7-10-16(13,14)6-2-3-8(11)12/h10H,2-7H2,1H3,(H,11,12). The maximum atomic E-state index is 11.5. The largest absolute Gasteiger partial charge is 0.481 e. The van der Waals surface area contributed by atoms with Crippen LogP contribution in [0.2, 0.25) is 0 Å². The minimum Gasteiger partial charge on any atom is -0.481 e. The molecule has 1 fully saturated rings. The van der Waals surface area contributed by atoms with Gasteiger partial charge in [0.05, 0.1) is 5.75 Å². The summed E-state index contributed by atoms with van der Waals surface area (Å²) in [5.74, 6) is -1.07. The average Bonchev–Trinajstić information content (AvgIpc) is 2.95. The summed E-state index contributed by atoms with van der Waals surface area (Å²) in [4.78, 5) is 10.2. The first-order valence-corrected chi connectivity index (χ1v) is 8.01. The Hall–Kier alpha value is -0.270. The van der Waals surface area contributed by atoms with E-state index in [4.69, 9.17) is 5.11 Å². The molecular weight excluding hydrogens is 250 g/mol. The lowest BCUT2D eigenvalue weighted by Crippen LogP contribution is -2.33. The van der Waals surface area contributed by atoms with Crippen LogP contribution in [0.1, 0.15) is 25.7 Å². The van der Waals surface area contributed by atoms with Crippen LogP contribution in [0.25, 0.3) is 0 Å². The molecule has 5 nitrogen and oxygen atoms in total. The van der Waals surface area contributed by atoms with E-state index in [9.17, 15) is 13.2 Å². The van der Waals surface area contributed by atoms with E-state index in [1.807, 2.05) is 6.26 Å². The molecule has 0 aromatic heterocycles. The molecule has 0 aromatic rings. The maximum Gasteiger partial charge on any atom is 0.303 e. The zero-order valence-corrected chi connectivity index (χ0v) is 10.9. The van der Waals surface area contributed by atoms with Gasteiger partial charge in [-0.3, -0.25) is 4.79 Å². The maximum absolute atomic E-state index is 11.5. The number of carboxylic acid groups (broad SMARTS) is 1. The zero-order chi connectivity index (χ0) is 12.2. The molecule has 1 saturated carbocycles. The van der Waals surface area contributed by atoms with Crippen LogP contribution in [0.3, 0.4) is 0 Å². The number of carboxylic acids is 1. The second kappa shape index (κ2) is 5.37. The second-order valence-corrected chi connectivity index (χ2v) is 7.23. The second-order valence-electron chi connectivity index (χ2n) is 4.02. The van der Waals surface area contributed by atoms with Crippen molar-refractivity contribution in [2.24, 2.45) is 0 Å². The number of sulfonamides is 1. The molecule has 0 aliphatic heterocycles. The van der Waals surface area contributed by atoms with Gasteiger partial charge in [-0.05, 0) is 25.5 Å². The predicted octanol–water partition coefficient (Wildman–Crippen LogP) is 0.666. The van der Waals surface area contributed by atoms with Gasteiger partial charge in [-0.2, -0.15) is 11.8 Å². The van der Waals surface area contributed by atoms with Gasteiger partial charge in [0.15, 0.2) is 0 Å². The highest BCUT2D eigenvalue weighted by molar-refractivity contribution is 8.00. The van der Waals surface area contributed by atoms with Crippen LogP contribution in [-0.4, -0.2) is 42.8 Å². The van der Waals surface area contributed by atoms with Gasteiger partial charge >= 0.3 is 5.97 Å². The third-order valence-electron chi connectivity index (χ3n) is 2.66. The van der Waals surface area contributed by atoms with Crippen LogP contribution in [0, 0.1) is 0 Å². The topological polar surface area (TPSA) is 83.5 Å². The van der Waals surface area contributed by atoms with E-state index in [0.717, 1.165) is 12.8 Å². The number of hydrogen-bond acceptors (Lipinski definition) is 4. The van der Waals surface area contributed by atoms with Crippen molar-refractivity contribution in [2.45, 2.75) is 30.4 Å². The molecule has 0 unspecified atom stereocenters. The van der Waals surface area contributed by atoms with Crippen LogP contribution in [0.4, 0.5) is 0 Å². The Balaban J connectivity index is 2.26. The van der Waals surface area contributed by atoms with E-state index in [2.05, 4.69) is 4.72 Å². The fourth-order valence-corrected chi connectivity index (χ4v) is 3.30. The Morgan fingerprint density at radius 2 is 2.12 bits per heavy atom. The highest BCUT2D eigenvalue weighted by Crippen LogP contribution is 2.46. The monoisotopic (exact) mass is 267 g/mol. The summed E-state index contributed by atoms with van der Waals surface area (Å²) >= 11 is 1.69. The lowest BCUT2D eigenvalue weighted by atomic mass is 10.3. The Labute approximate surface area is 100 Å². The van der Waals surface area contributed by atoms with Gasteiger partial charge < -0.3 is 5.11 Å². The quantitative estimate of drug-likeness (QED) is 0.675. The number of aliphatic carboxylic acids is 1. The van der Waals surface area contributed by atoms with Crippen molar-refractivity contribution < 1.29 is 18.3 Å². The number of hydrogen-bond donors (Lipinski definition) is 2. The number of rotatable bonds is 8. The van der Waals surface area contributed by atoms with Crippen molar-refractivity contribution in [3.8, 4) is 0 Å². The first-order chi connectivity index (χ1) is 7.39. The number of carbonyl (C=O) groups is 1. The molecule has 1 rings (SSSR count). The summed E-state index contributed by atoms with van der Waals surface area (Å²) in [7, 11) is -3.31. The van der Waals surface area contributed by atoms with E-state index >= 15 is 0 Å². The van der Waals surface area contributed by atoms with Gasteiger partial charge in [0.1, 0.15) is 0 Å². The normalized spacial score (nSPS) is 18.3. The van der Waals surface area contributed by atoms with E-state index in [1.165, 1.54) is 0 Å². The van der Waals surface area contributed by atoms with Crippen molar-refractivity contribution in [3.05, 3.63) is 0 Å². The van der Waals surface area contributed by atoms with Gasteiger partial charge in [-0.25, -0.2) is 13.1 Å². The molecule has 0 heterocycles. The van der Waals surface area contributed by atoms with Crippen LogP contribution < -0.4 is 4.72 Å². The molecule has 0 amide bonds. The molecule has 94 valence electrons. The zero-order valence-electron chi connectivity index (χ0n) is 9.23. The fourth-order valence-electron chi connectivity index (χ4n) is 1.32. The summed E-state index contributed by atoms with van der Waals surface area (Å²) < 4.78 is 25.6. The lowest BCUT2D eigenvalue weighted by molar-refractivity contribution is -0.137. The van der Waals surface area contributed by atoms with Gasteiger partial charge in [-0.15, -0.1) is 0 Å². The highest BCUT2D eigenvalue weighted by Gasteiger charge is 2.42. The molecule has 7 heteroatoms. The fraction of sp³-hybridized carbons (Fsp3) is 0.889. The predicted molar refractivity (Wildman–Crippen MR) is 64.1 cm³/mol. The van der Waals surface area contributed by atoms with Crippen molar-refractivity contribution >= 4 is 27.8 Å². The Bertz CT molecular complexity index is 349. The van der Waals surface area contributed by atoms with Crippen molar-refractivity contribution in [2.75, 3.05) is 18.6 Å². The van der Waals surface area contributed by atoms with Gasteiger partial charge in [-0.1, -0.05) is 0 Å². The Kier molecular flexibility index (Phi) is 4.63. The van der Waals surface area contributed by atoms with Crippen molar-refractivity contribution in [1.82, 2.24) is 4.72 Å². The minimum atomic E-state index is -3.31. The minimum absolute atomic E-state index is 0.0971. The van der Waals surface area contributed by atoms with Crippen LogP contribution >= 0.6 is 11.8 Å². The molecule has 0 saturated heterocycles. The van der Waals surface area contributed by atoms with Crippen LogP contribution in [0.5, 0.6) is 0 Å². The molecule has 0 atom stereocenters. The molecule has 0 bridgehead atoms. The van der Waals surface area contributed by atoms with E-state index < -0.39 is 16.0 Å². The van der Waals surface area contributed by atoms with Crippen molar-refractivity contribution in [3.63, 3.8) is 0 Å².